The first-order chi connectivity index (χ1) is 17.4. The lowest BCUT2D eigenvalue weighted by atomic mass is 9.82. The Balaban J connectivity index is 1.40. The van der Waals surface area contributed by atoms with Gasteiger partial charge in [0.2, 0.25) is 5.88 Å². The highest BCUT2D eigenvalue weighted by molar-refractivity contribution is 6.33. The number of benzene rings is 1. The second kappa shape index (κ2) is 10.1. The number of nitrogens with zero attached hydrogens (tertiary/aromatic N) is 3. The molecule has 0 amide bonds. The third-order valence-corrected chi connectivity index (χ3v) is 7.45. The second-order valence-corrected chi connectivity index (χ2v) is 10.1. The molecule has 1 fully saturated rings. The number of carboxylic acid groups (broad SMARTS) is 1. The normalized spacial score (nSPS) is 18.6. The van der Waals surface area contributed by atoms with Crippen LogP contribution in [0.25, 0.3) is 11.3 Å². The Labute approximate surface area is 215 Å². The Morgan fingerprint density at radius 3 is 2.72 bits per heavy atom. The number of hydrogen-bond donors (Lipinski definition) is 1. The molecule has 0 bridgehead atoms. The number of rotatable bonds is 8. The maximum atomic E-state index is 11.7. The number of aromatic nitrogens is 3. The van der Waals surface area contributed by atoms with E-state index in [-0.39, 0.29) is 12.0 Å². The molecule has 1 saturated carbocycles. The molecule has 1 unspecified atom stereocenters. The molecule has 1 aromatic carbocycles. The third-order valence-electron chi connectivity index (χ3n) is 7.15. The fourth-order valence-corrected chi connectivity index (χ4v) is 5.32. The van der Waals surface area contributed by atoms with Gasteiger partial charge >= 0.3 is 5.97 Å². The Bertz CT molecular complexity index is 1290. The molecule has 2 aliphatic rings. The van der Waals surface area contributed by atoms with E-state index in [1.165, 1.54) is 0 Å². The van der Waals surface area contributed by atoms with Gasteiger partial charge in [-0.05, 0) is 68.6 Å². The van der Waals surface area contributed by atoms with Crippen LogP contribution < -0.4 is 9.47 Å². The molecule has 1 N–H and O–H groups in total. The zero-order valence-electron chi connectivity index (χ0n) is 20.7. The van der Waals surface area contributed by atoms with Crippen LogP contribution in [-0.4, -0.2) is 32.6 Å². The van der Waals surface area contributed by atoms with E-state index in [0.29, 0.717) is 29.1 Å². The summed E-state index contributed by atoms with van der Waals surface area (Å²) in [5.74, 6) is 0.555. The fourth-order valence-electron chi connectivity index (χ4n) is 5.13. The summed E-state index contributed by atoms with van der Waals surface area (Å²) >= 11 is 6.41. The van der Waals surface area contributed by atoms with Gasteiger partial charge in [0.15, 0.2) is 0 Å². The molecule has 0 spiro atoms. The van der Waals surface area contributed by atoms with Gasteiger partial charge < -0.3 is 14.6 Å². The monoisotopic (exact) mass is 507 g/mol. The van der Waals surface area contributed by atoms with Crippen LogP contribution in [0.5, 0.6) is 11.6 Å². The smallest absolute Gasteiger partial charge is 0.306 e. The highest BCUT2D eigenvalue weighted by Crippen LogP contribution is 2.48. The highest BCUT2D eigenvalue weighted by Gasteiger charge is 2.39. The molecule has 3 heterocycles. The minimum atomic E-state index is -0.753. The summed E-state index contributed by atoms with van der Waals surface area (Å²) in [6.45, 7) is 6.13. The summed E-state index contributed by atoms with van der Waals surface area (Å²) in [6, 6.07) is 8.00. The molecule has 1 aliphatic heterocycles. The number of pyridine rings is 1. The van der Waals surface area contributed by atoms with Crippen LogP contribution in [0.4, 0.5) is 0 Å². The average molecular weight is 508 g/mol. The van der Waals surface area contributed by atoms with Crippen molar-refractivity contribution in [2.75, 3.05) is 6.61 Å². The fraction of sp³-hybridized carbons (Fsp3) is 0.429. The molecule has 0 saturated heterocycles. The van der Waals surface area contributed by atoms with Crippen molar-refractivity contribution in [1.82, 2.24) is 15.0 Å². The maximum absolute atomic E-state index is 11.7. The van der Waals surface area contributed by atoms with Crippen LogP contribution in [-0.2, 0) is 11.2 Å². The van der Waals surface area contributed by atoms with Crippen molar-refractivity contribution in [2.24, 2.45) is 11.8 Å². The predicted octanol–water partition coefficient (Wildman–Crippen LogP) is 6.18. The molecule has 36 heavy (non-hydrogen) atoms. The molecular weight excluding hydrogens is 478 g/mol. The van der Waals surface area contributed by atoms with E-state index in [0.717, 1.165) is 59.5 Å². The van der Waals surface area contributed by atoms with Gasteiger partial charge in [-0.2, -0.15) is 0 Å². The number of carbonyl (C=O) groups is 1. The van der Waals surface area contributed by atoms with E-state index in [2.05, 4.69) is 22.1 Å². The molecule has 1 aliphatic carbocycles. The lowest BCUT2D eigenvalue weighted by Gasteiger charge is -2.28. The van der Waals surface area contributed by atoms with Crippen molar-refractivity contribution in [2.45, 2.75) is 58.5 Å². The summed E-state index contributed by atoms with van der Waals surface area (Å²) in [5.41, 5.74) is 5.10. The van der Waals surface area contributed by atoms with Crippen molar-refractivity contribution in [3.63, 3.8) is 0 Å². The topological polar surface area (TPSA) is 94.4 Å². The number of aryl methyl sites for hydroxylation is 2. The Hall–Kier alpha value is -3.19. The van der Waals surface area contributed by atoms with Crippen LogP contribution in [0.1, 0.15) is 67.6 Å². The van der Waals surface area contributed by atoms with Crippen LogP contribution in [0, 0.1) is 18.8 Å². The summed E-state index contributed by atoms with van der Waals surface area (Å²) in [6.07, 6.45) is 6.90. The van der Waals surface area contributed by atoms with Gasteiger partial charge in [0.1, 0.15) is 11.9 Å². The molecule has 2 aromatic heterocycles. The summed E-state index contributed by atoms with van der Waals surface area (Å²) < 4.78 is 11.9. The zero-order valence-corrected chi connectivity index (χ0v) is 21.5. The quantitative estimate of drug-likeness (QED) is 0.389. The molecule has 3 aromatic rings. The molecule has 0 radical (unpaired) electrons. The number of aliphatic carboxylic acids is 1. The number of halogens is 1. The second-order valence-electron chi connectivity index (χ2n) is 9.67. The highest BCUT2D eigenvalue weighted by atomic mass is 35.5. The average Bonchev–Trinajstić information content (AvgIpc) is 3.70. The first-order valence-corrected chi connectivity index (χ1v) is 12.9. The van der Waals surface area contributed by atoms with Gasteiger partial charge in [-0.15, -0.1) is 0 Å². The van der Waals surface area contributed by atoms with Crippen molar-refractivity contribution in [1.29, 1.82) is 0 Å². The number of fused-ring (bicyclic) bond motifs is 1. The van der Waals surface area contributed by atoms with E-state index in [1.807, 2.05) is 19.9 Å². The van der Waals surface area contributed by atoms with Gasteiger partial charge in [0, 0.05) is 11.6 Å². The van der Waals surface area contributed by atoms with E-state index >= 15 is 0 Å². The first-order valence-electron chi connectivity index (χ1n) is 12.5. The molecular formula is C28H30ClN3O4. The lowest BCUT2D eigenvalue weighted by molar-refractivity contribution is -0.142. The number of hydrogen-bond acceptors (Lipinski definition) is 6. The molecule has 8 heteroatoms. The molecule has 3 atom stereocenters. The SMILES string of the molecule is CCOc1cc(-c2ncc(C3CCc4ccc([C@H](C5CC5)[C@H](C)C(=O)O)cc4O3)nc2C)c(Cl)cn1. The molecule has 5 rings (SSSR count). The minimum absolute atomic E-state index is 0.00443. The van der Waals surface area contributed by atoms with Gasteiger partial charge in [-0.3, -0.25) is 14.8 Å². The predicted molar refractivity (Wildman–Crippen MR) is 137 cm³/mol. The largest absolute Gasteiger partial charge is 0.484 e. The van der Waals surface area contributed by atoms with E-state index in [9.17, 15) is 9.90 Å². The van der Waals surface area contributed by atoms with Crippen LogP contribution in [0.2, 0.25) is 5.02 Å². The first kappa shape index (κ1) is 24.5. The van der Waals surface area contributed by atoms with E-state index in [1.54, 1.807) is 25.4 Å². The van der Waals surface area contributed by atoms with Gasteiger partial charge in [0.25, 0.3) is 0 Å². The molecule has 188 valence electrons. The van der Waals surface area contributed by atoms with Gasteiger partial charge in [-0.1, -0.05) is 30.7 Å². The lowest BCUT2D eigenvalue weighted by Crippen LogP contribution is -2.22. The van der Waals surface area contributed by atoms with Gasteiger partial charge in [0.05, 0.1) is 47.0 Å². The number of ether oxygens (including phenoxy) is 2. The molecule has 7 nitrogen and oxygen atoms in total. The third kappa shape index (κ3) is 4.89. The summed E-state index contributed by atoms with van der Waals surface area (Å²) in [4.78, 5) is 25.4. The summed E-state index contributed by atoms with van der Waals surface area (Å²) in [7, 11) is 0. The summed E-state index contributed by atoms with van der Waals surface area (Å²) in [5, 5.41) is 10.1. The standard InChI is InChI=1S/C28H30ClN3O4/c1-4-35-25-12-20(21(29)13-30-25)27-16(3)32-22(14-31-27)23-10-9-17-5-8-19(11-24(17)36-23)26(18-6-7-18)15(2)28(33)34/h5,8,11-15,18,23,26H,4,6-7,9-10H2,1-3H3,(H,33,34)/t15-,23?,26-/m0/s1. The van der Waals surface area contributed by atoms with Crippen LogP contribution >= 0.6 is 11.6 Å². The van der Waals surface area contributed by atoms with E-state index < -0.39 is 11.9 Å². The Morgan fingerprint density at radius 1 is 1.22 bits per heavy atom. The van der Waals surface area contributed by atoms with Crippen LogP contribution in [0.15, 0.2) is 36.7 Å². The minimum Gasteiger partial charge on any atom is -0.484 e. The zero-order chi connectivity index (χ0) is 25.4. The van der Waals surface area contributed by atoms with Crippen molar-refractivity contribution < 1.29 is 19.4 Å². The van der Waals surface area contributed by atoms with Crippen molar-refractivity contribution in [3.05, 3.63) is 64.2 Å². The van der Waals surface area contributed by atoms with Crippen molar-refractivity contribution in [3.8, 4) is 22.9 Å². The van der Waals surface area contributed by atoms with Gasteiger partial charge in [-0.25, -0.2) is 4.98 Å². The van der Waals surface area contributed by atoms with Crippen molar-refractivity contribution >= 4 is 17.6 Å². The van der Waals surface area contributed by atoms with Crippen LogP contribution in [0.3, 0.4) is 0 Å². The van der Waals surface area contributed by atoms with E-state index in [4.69, 9.17) is 26.1 Å². The maximum Gasteiger partial charge on any atom is 0.306 e. The number of carboxylic acids is 1. The Kier molecular flexibility index (Phi) is 6.84. The Morgan fingerprint density at radius 2 is 2.03 bits per heavy atom.